The number of nitrogens with one attached hydrogen (secondary N) is 3. The number of hydrogen-bond donors (Lipinski definition) is 3. The molecule has 3 aromatic carbocycles. The van der Waals surface area contributed by atoms with Gasteiger partial charge in [0.05, 0.1) is 34.4 Å². The lowest BCUT2D eigenvalue weighted by molar-refractivity contribution is 0.0552. The van der Waals surface area contributed by atoms with Crippen molar-refractivity contribution in [3.05, 3.63) is 81.1 Å². The summed E-state index contributed by atoms with van der Waals surface area (Å²) in [5.41, 5.74) is 3.10. The minimum absolute atomic E-state index is 0. The number of hydrogen-bond acceptors (Lipinski definition) is 6. The number of methoxy groups -OCH3 is 1. The van der Waals surface area contributed by atoms with Gasteiger partial charge in [-0.25, -0.2) is 4.98 Å². The van der Waals surface area contributed by atoms with Crippen LogP contribution in [0.25, 0.3) is 11.0 Å². The van der Waals surface area contributed by atoms with E-state index in [9.17, 15) is 9.59 Å². The summed E-state index contributed by atoms with van der Waals surface area (Å²) in [7, 11) is 1.55. The maximum Gasteiger partial charge on any atom is 0.258 e. The molecule has 4 aromatic rings. The zero-order chi connectivity index (χ0) is 28.8. The van der Waals surface area contributed by atoms with Gasteiger partial charge in [-0.3, -0.25) is 9.59 Å². The molecule has 4 rings (SSSR count). The first kappa shape index (κ1) is 32.2. The van der Waals surface area contributed by atoms with Crippen LogP contribution in [0.3, 0.4) is 0 Å². The summed E-state index contributed by atoms with van der Waals surface area (Å²) < 4.78 is 16.4. The van der Waals surface area contributed by atoms with Crippen LogP contribution in [0.2, 0.25) is 10.0 Å². The van der Waals surface area contributed by atoms with Gasteiger partial charge in [-0.15, -0.1) is 12.4 Å². The van der Waals surface area contributed by atoms with Gasteiger partial charge in [-0.05, 0) is 68.8 Å². The molecule has 9 nitrogen and oxygen atoms in total. The summed E-state index contributed by atoms with van der Waals surface area (Å²) in [6, 6.07) is 13.3. The molecule has 0 aliphatic rings. The van der Waals surface area contributed by atoms with E-state index < -0.39 is 11.8 Å². The van der Waals surface area contributed by atoms with E-state index in [1.54, 1.807) is 55.6 Å². The fourth-order valence-electron chi connectivity index (χ4n) is 3.96. The Bertz CT molecular complexity index is 1540. The Kier molecular flexibility index (Phi) is 11.4. The molecule has 0 unspecified atom stereocenters. The molecule has 1 aromatic heterocycles. The number of anilines is 2. The van der Waals surface area contributed by atoms with E-state index in [1.165, 1.54) is 0 Å². The SMILES string of the molecule is COCc1nc2c(C(=O)Nc3cccc(Cl)c3C)cc(NC(=O)c3cc(OCCOC(C)C)ccc3Cl)cc2[nH]1.Cl. The molecule has 0 spiro atoms. The molecule has 218 valence electrons. The van der Waals surface area contributed by atoms with Crippen molar-refractivity contribution in [2.45, 2.75) is 33.5 Å². The molecule has 0 aliphatic carbocycles. The lowest BCUT2D eigenvalue weighted by atomic mass is 10.1. The van der Waals surface area contributed by atoms with Crippen molar-refractivity contribution < 1.29 is 23.8 Å². The minimum Gasteiger partial charge on any atom is -0.491 e. The molecule has 1 heterocycles. The average Bonchev–Trinajstić information content (AvgIpc) is 3.32. The number of carbonyl (C=O) groups excluding carboxylic acids is 2. The van der Waals surface area contributed by atoms with Crippen molar-refractivity contribution in [1.82, 2.24) is 9.97 Å². The first-order valence-corrected chi connectivity index (χ1v) is 13.3. The molecule has 0 saturated heterocycles. The molecule has 0 fully saturated rings. The molecule has 12 heteroatoms. The zero-order valence-corrected chi connectivity index (χ0v) is 25.3. The molecule has 0 bridgehead atoms. The van der Waals surface area contributed by atoms with Crippen LogP contribution in [0.1, 0.15) is 46.0 Å². The van der Waals surface area contributed by atoms with Crippen molar-refractivity contribution >= 4 is 69.8 Å². The van der Waals surface area contributed by atoms with Crippen molar-refractivity contribution in [3.8, 4) is 5.75 Å². The highest BCUT2D eigenvalue weighted by atomic mass is 35.5. The maximum atomic E-state index is 13.4. The molecule has 0 aliphatic heterocycles. The van der Waals surface area contributed by atoms with Gasteiger partial charge < -0.3 is 29.8 Å². The molecule has 0 saturated carbocycles. The van der Waals surface area contributed by atoms with Gasteiger partial charge in [0.2, 0.25) is 0 Å². The summed E-state index contributed by atoms with van der Waals surface area (Å²) >= 11 is 12.6. The highest BCUT2D eigenvalue weighted by molar-refractivity contribution is 6.34. The molecule has 3 N–H and O–H groups in total. The number of aromatic nitrogens is 2. The monoisotopic (exact) mass is 620 g/mol. The summed E-state index contributed by atoms with van der Waals surface area (Å²) in [5.74, 6) is 0.122. The maximum absolute atomic E-state index is 13.4. The van der Waals surface area contributed by atoms with E-state index >= 15 is 0 Å². The van der Waals surface area contributed by atoms with Crippen LogP contribution in [-0.2, 0) is 16.1 Å². The lowest BCUT2D eigenvalue weighted by Gasteiger charge is -2.13. The smallest absolute Gasteiger partial charge is 0.258 e. The number of H-pyrrole nitrogens is 1. The molecular formula is C29H31Cl3N4O5. The number of nitrogens with zero attached hydrogens (tertiary/aromatic N) is 1. The van der Waals surface area contributed by atoms with E-state index in [1.807, 2.05) is 20.8 Å². The van der Waals surface area contributed by atoms with Crippen molar-refractivity contribution in [3.63, 3.8) is 0 Å². The quantitative estimate of drug-likeness (QED) is 0.155. The minimum atomic E-state index is -0.470. The lowest BCUT2D eigenvalue weighted by Crippen LogP contribution is -2.16. The fraction of sp³-hybridized carbons (Fsp3) is 0.276. The second kappa shape index (κ2) is 14.5. The number of ether oxygens (including phenoxy) is 3. The topological polar surface area (TPSA) is 115 Å². The molecular weight excluding hydrogens is 591 g/mol. The van der Waals surface area contributed by atoms with Crippen molar-refractivity contribution in [2.24, 2.45) is 0 Å². The van der Waals surface area contributed by atoms with Crippen LogP contribution < -0.4 is 15.4 Å². The highest BCUT2D eigenvalue weighted by Gasteiger charge is 2.19. The second-order valence-electron chi connectivity index (χ2n) is 9.27. The van der Waals surface area contributed by atoms with Crippen LogP contribution in [0.5, 0.6) is 5.75 Å². The van der Waals surface area contributed by atoms with Crippen LogP contribution in [0.15, 0.2) is 48.5 Å². The third-order valence-electron chi connectivity index (χ3n) is 5.92. The second-order valence-corrected chi connectivity index (χ2v) is 10.1. The van der Waals surface area contributed by atoms with Gasteiger partial charge in [-0.1, -0.05) is 29.3 Å². The summed E-state index contributed by atoms with van der Waals surface area (Å²) in [5, 5.41) is 6.51. The number of carbonyl (C=O) groups is 2. The Hall–Kier alpha value is -3.34. The van der Waals surface area contributed by atoms with E-state index in [-0.39, 0.29) is 41.3 Å². The van der Waals surface area contributed by atoms with Gasteiger partial charge in [0.1, 0.15) is 30.3 Å². The third kappa shape index (κ3) is 8.12. The Balaban J connectivity index is 0.00000462. The summed E-state index contributed by atoms with van der Waals surface area (Å²) in [6.45, 7) is 6.65. The standard InChI is InChI=1S/C29H30Cl2N4O5.ClH/c1-16(2)39-10-11-40-19-8-9-23(31)20(14-19)28(36)32-18-12-21(27-25(13-18)33-26(35-27)15-38-4)29(37)34-24-7-5-6-22(30)17(24)3;/h5-9,12-14,16H,10-11,15H2,1-4H3,(H,32,36)(H,33,35)(H,34,37);1H. The number of imidazole rings is 1. The first-order valence-electron chi connectivity index (χ1n) is 12.6. The van der Waals surface area contributed by atoms with Crippen molar-refractivity contribution in [2.75, 3.05) is 31.0 Å². The number of aromatic amines is 1. The fourth-order valence-corrected chi connectivity index (χ4v) is 4.34. The Labute approximate surface area is 254 Å². The van der Waals surface area contributed by atoms with E-state index in [0.717, 1.165) is 5.56 Å². The Morgan fingerprint density at radius 2 is 1.73 bits per heavy atom. The van der Waals surface area contributed by atoms with Gasteiger partial charge in [0, 0.05) is 23.5 Å². The highest BCUT2D eigenvalue weighted by Crippen LogP contribution is 2.28. The number of rotatable bonds is 11. The first-order chi connectivity index (χ1) is 19.2. The van der Waals surface area contributed by atoms with Gasteiger partial charge in [0.25, 0.3) is 11.8 Å². The van der Waals surface area contributed by atoms with Crippen LogP contribution in [-0.4, -0.2) is 48.2 Å². The number of benzene rings is 3. The van der Waals surface area contributed by atoms with Gasteiger partial charge >= 0.3 is 0 Å². The van der Waals surface area contributed by atoms with Crippen LogP contribution >= 0.6 is 35.6 Å². The van der Waals surface area contributed by atoms with Crippen LogP contribution in [0, 0.1) is 6.92 Å². The Morgan fingerprint density at radius 1 is 0.976 bits per heavy atom. The van der Waals surface area contributed by atoms with E-state index in [4.69, 9.17) is 37.4 Å². The molecule has 0 radical (unpaired) electrons. The predicted molar refractivity (Wildman–Crippen MR) is 164 cm³/mol. The number of halogens is 3. The summed E-state index contributed by atoms with van der Waals surface area (Å²) in [4.78, 5) is 34.4. The zero-order valence-electron chi connectivity index (χ0n) is 23.0. The molecule has 41 heavy (non-hydrogen) atoms. The van der Waals surface area contributed by atoms with Crippen molar-refractivity contribution in [1.29, 1.82) is 0 Å². The predicted octanol–water partition coefficient (Wildman–Crippen LogP) is 7.05. The molecule has 2 amide bonds. The van der Waals surface area contributed by atoms with Gasteiger partial charge in [0.15, 0.2) is 0 Å². The summed E-state index contributed by atoms with van der Waals surface area (Å²) in [6.07, 6.45) is 0.0921. The largest absolute Gasteiger partial charge is 0.491 e. The average molecular weight is 622 g/mol. The Morgan fingerprint density at radius 3 is 2.46 bits per heavy atom. The third-order valence-corrected chi connectivity index (χ3v) is 6.66. The number of fused-ring (bicyclic) bond motifs is 1. The van der Waals surface area contributed by atoms with E-state index in [2.05, 4.69) is 20.6 Å². The van der Waals surface area contributed by atoms with Crippen LogP contribution in [0.4, 0.5) is 11.4 Å². The molecule has 0 atom stereocenters. The van der Waals surface area contributed by atoms with E-state index in [0.29, 0.717) is 52.2 Å². The number of amides is 2. The normalized spacial score (nSPS) is 10.9. The van der Waals surface area contributed by atoms with Gasteiger partial charge in [-0.2, -0.15) is 0 Å².